The monoisotopic (exact) mass is 376 g/mol. The first-order valence-electron chi connectivity index (χ1n) is 11.1. The molecular formula is C26H32O2. The Morgan fingerprint density at radius 3 is 2.68 bits per heavy atom. The van der Waals surface area contributed by atoms with Gasteiger partial charge in [-0.25, -0.2) is 0 Å². The van der Waals surface area contributed by atoms with Crippen LogP contribution >= 0.6 is 0 Å². The molecule has 0 bridgehead atoms. The van der Waals surface area contributed by atoms with E-state index in [0.29, 0.717) is 24.0 Å². The van der Waals surface area contributed by atoms with Crippen molar-refractivity contribution in [1.82, 2.24) is 0 Å². The summed E-state index contributed by atoms with van der Waals surface area (Å²) in [4.78, 5) is 12.3. The lowest BCUT2D eigenvalue weighted by Crippen LogP contribution is -2.47. The molecular weight excluding hydrogens is 344 g/mol. The van der Waals surface area contributed by atoms with Crippen LogP contribution in [0.4, 0.5) is 0 Å². The smallest absolute Gasteiger partial charge is 0.155 e. The maximum Gasteiger partial charge on any atom is 0.155 e. The van der Waals surface area contributed by atoms with Crippen LogP contribution in [0.25, 0.3) is 0 Å². The summed E-state index contributed by atoms with van der Waals surface area (Å²) >= 11 is 0. The van der Waals surface area contributed by atoms with E-state index in [1.165, 1.54) is 16.7 Å². The number of aryl methyl sites for hydroxylation is 1. The van der Waals surface area contributed by atoms with Gasteiger partial charge < -0.3 is 5.11 Å². The molecule has 1 aromatic carbocycles. The summed E-state index contributed by atoms with van der Waals surface area (Å²) in [7, 11) is 0. The number of fused-ring (bicyclic) bond motifs is 5. The van der Waals surface area contributed by atoms with Crippen molar-refractivity contribution in [3.8, 4) is 0 Å². The molecule has 0 aliphatic heterocycles. The Morgan fingerprint density at radius 2 is 1.89 bits per heavy atom. The fraction of sp³-hybridized carbons (Fsp3) is 0.577. The van der Waals surface area contributed by atoms with Gasteiger partial charge in [0.15, 0.2) is 5.78 Å². The summed E-state index contributed by atoms with van der Waals surface area (Å²) in [5.41, 5.74) is 5.74. The third-order valence-corrected chi connectivity index (χ3v) is 8.66. The van der Waals surface area contributed by atoms with Crippen molar-refractivity contribution < 1.29 is 9.90 Å². The second-order valence-electron chi connectivity index (χ2n) is 10.1. The molecule has 2 fully saturated rings. The Hall–Kier alpha value is -1.67. The van der Waals surface area contributed by atoms with E-state index < -0.39 is 0 Å². The van der Waals surface area contributed by atoms with Crippen molar-refractivity contribution in [3.63, 3.8) is 0 Å². The Kier molecular flexibility index (Phi) is 4.21. The topological polar surface area (TPSA) is 37.3 Å². The van der Waals surface area contributed by atoms with Crippen molar-refractivity contribution in [3.05, 3.63) is 58.7 Å². The van der Waals surface area contributed by atoms with Crippen molar-refractivity contribution >= 4 is 5.78 Å². The first kappa shape index (κ1) is 18.4. The average molecular weight is 377 g/mol. The summed E-state index contributed by atoms with van der Waals surface area (Å²) in [6, 6.07) is 8.97. The normalized spacial score (nSPS) is 39.5. The van der Waals surface area contributed by atoms with E-state index >= 15 is 0 Å². The highest BCUT2D eigenvalue weighted by Gasteiger charge is 2.56. The van der Waals surface area contributed by atoms with Crippen LogP contribution in [-0.4, -0.2) is 17.0 Å². The zero-order chi connectivity index (χ0) is 19.5. The molecule has 0 aromatic heterocycles. The minimum absolute atomic E-state index is 0.0287. The van der Waals surface area contributed by atoms with E-state index in [1.54, 1.807) is 5.57 Å². The second kappa shape index (κ2) is 6.42. The number of ketones is 1. The van der Waals surface area contributed by atoms with Gasteiger partial charge in [-0.05, 0) is 75.3 Å². The maximum atomic E-state index is 12.3. The van der Waals surface area contributed by atoms with Gasteiger partial charge in [0.25, 0.3) is 0 Å². The predicted octanol–water partition coefficient (Wildman–Crippen LogP) is 5.33. The third kappa shape index (κ3) is 2.60. The summed E-state index contributed by atoms with van der Waals surface area (Å²) in [5, 5.41) is 10.7. The number of aliphatic hydroxyl groups excluding tert-OH is 1. The molecule has 2 saturated carbocycles. The first-order valence-corrected chi connectivity index (χ1v) is 11.1. The summed E-state index contributed by atoms with van der Waals surface area (Å²) < 4.78 is 0. The average Bonchev–Trinajstić information content (AvgIpc) is 2.99. The van der Waals surface area contributed by atoms with E-state index in [-0.39, 0.29) is 16.9 Å². The van der Waals surface area contributed by atoms with Crippen molar-refractivity contribution in [2.75, 3.05) is 0 Å². The van der Waals surface area contributed by atoms with Gasteiger partial charge in [-0.1, -0.05) is 54.0 Å². The lowest BCUT2D eigenvalue weighted by molar-refractivity contribution is -0.115. The minimum Gasteiger partial charge on any atom is -0.393 e. The van der Waals surface area contributed by atoms with Crippen LogP contribution in [0.3, 0.4) is 0 Å². The van der Waals surface area contributed by atoms with Gasteiger partial charge in [-0.3, -0.25) is 4.79 Å². The van der Waals surface area contributed by atoms with Gasteiger partial charge in [0.1, 0.15) is 0 Å². The minimum atomic E-state index is -0.159. The molecule has 2 heteroatoms. The Bertz CT molecular complexity index is 861. The Morgan fingerprint density at radius 1 is 1.11 bits per heavy atom. The summed E-state index contributed by atoms with van der Waals surface area (Å²) in [6.45, 7) is 4.45. The van der Waals surface area contributed by atoms with Gasteiger partial charge in [0.2, 0.25) is 0 Å². The van der Waals surface area contributed by atoms with Crippen LogP contribution in [0.2, 0.25) is 0 Å². The number of carbonyl (C=O) groups excluding carboxylic acids is 1. The molecule has 2 nitrogen and oxygen atoms in total. The number of aliphatic hydroxyl groups is 1. The molecule has 0 radical (unpaired) electrons. The molecule has 1 N–H and O–H groups in total. The SMILES string of the molecule is Cc1ccc(C[C@]23CCC(=O)C=C2CC[C@@H]2C3=CC[C@]3(C)[C@H](O)CC[C@@H]23)cc1. The van der Waals surface area contributed by atoms with Gasteiger partial charge in [0, 0.05) is 17.3 Å². The molecule has 0 heterocycles. The van der Waals surface area contributed by atoms with E-state index in [9.17, 15) is 9.90 Å². The Labute approximate surface area is 168 Å². The highest BCUT2D eigenvalue weighted by atomic mass is 16.3. The molecule has 1 aromatic rings. The largest absolute Gasteiger partial charge is 0.393 e. The van der Waals surface area contributed by atoms with Crippen molar-refractivity contribution in [2.45, 2.75) is 71.3 Å². The predicted molar refractivity (Wildman–Crippen MR) is 112 cm³/mol. The summed E-state index contributed by atoms with van der Waals surface area (Å²) in [5.74, 6) is 1.48. The molecule has 28 heavy (non-hydrogen) atoms. The number of allylic oxidation sites excluding steroid dienone is 4. The van der Waals surface area contributed by atoms with Crippen LogP contribution < -0.4 is 0 Å². The van der Waals surface area contributed by atoms with E-state index in [1.807, 2.05) is 6.08 Å². The number of rotatable bonds is 2. The van der Waals surface area contributed by atoms with E-state index in [2.05, 4.69) is 44.2 Å². The molecule has 5 rings (SSSR count). The number of benzene rings is 1. The quantitative estimate of drug-likeness (QED) is 0.708. The number of hydrogen-bond donors (Lipinski definition) is 1. The second-order valence-corrected chi connectivity index (χ2v) is 10.1. The molecule has 0 unspecified atom stereocenters. The molecule has 148 valence electrons. The first-order chi connectivity index (χ1) is 13.4. The van der Waals surface area contributed by atoms with Crippen LogP contribution in [0.5, 0.6) is 0 Å². The third-order valence-electron chi connectivity index (χ3n) is 8.66. The van der Waals surface area contributed by atoms with E-state index in [4.69, 9.17) is 0 Å². The fourth-order valence-corrected chi connectivity index (χ4v) is 7.01. The standard InChI is InChI=1S/C26H32O2/c1-17-3-5-18(6-4-17)16-26-14-11-20(27)15-19(26)7-8-21-22-9-10-24(28)25(22,2)13-12-23(21)26/h3-6,12,15,21-22,24,28H,7-11,13-14,16H2,1-2H3/t21-,22-,24+,25-,26+/m0/s1. The molecule has 4 aliphatic carbocycles. The zero-order valence-electron chi connectivity index (χ0n) is 17.2. The highest BCUT2D eigenvalue weighted by molar-refractivity contribution is 5.92. The maximum absolute atomic E-state index is 12.3. The molecule has 5 atom stereocenters. The Balaban J connectivity index is 1.59. The molecule has 0 spiro atoms. The highest BCUT2D eigenvalue weighted by Crippen LogP contribution is 2.63. The molecule has 0 saturated heterocycles. The van der Waals surface area contributed by atoms with Crippen molar-refractivity contribution in [2.24, 2.45) is 22.7 Å². The van der Waals surface area contributed by atoms with Gasteiger partial charge in [-0.15, -0.1) is 0 Å². The van der Waals surface area contributed by atoms with Crippen LogP contribution in [-0.2, 0) is 11.2 Å². The fourth-order valence-electron chi connectivity index (χ4n) is 7.01. The number of carbonyl (C=O) groups is 1. The van der Waals surface area contributed by atoms with Crippen LogP contribution in [0, 0.1) is 29.6 Å². The van der Waals surface area contributed by atoms with Crippen LogP contribution in [0.1, 0.15) is 63.0 Å². The molecule has 0 amide bonds. The molecule has 4 aliphatic rings. The van der Waals surface area contributed by atoms with Gasteiger partial charge >= 0.3 is 0 Å². The zero-order valence-corrected chi connectivity index (χ0v) is 17.2. The van der Waals surface area contributed by atoms with Crippen LogP contribution in [0.15, 0.2) is 47.6 Å². The lowest BCUT2D eigenvalue weighted by Gasteiger charge is -2.54. The number of hydrogen-bond acceptors (Lipinski definition) is 2. The lowest BCUT2D eigenvalue weighted by atomic mass is 9.50. The van der Waals surface area contributed by atoms with Gasteiger partial charge in [-0.2, -0.15) is 0 Å². The van der Waals surface area contributed by atoms with Gasteiger partial charge in [0.05, 0.1) is 6.10 Å². The van der Waals surface area contributed by atoms with E-state index in [0.717, 1.165) is 44.9 Å². The summed E-state index contributed by atoms with van der Waals surface area (Å²) in [6.07, 6.45) is 12.2. The van der Waals surface area contributed by atoms with Crippen molar-refractivity contribution in [1.29, 1.82) is 0 Å².